The molecule has 0 unspecified atom stereocenters. The predicted octanol–water partition coefficient (Wildman–Crippen LogP) is 1.79. The van der Waals surface area contributed by atoms with E-state index >= 15 is 0 Å². The topological polar surface area (TPSA) is 107 Å². The number of esters is 1. The van der Waals surface area contributed by atoms with E-state index in [2.05, 4.69) is 15.3 Å². The van der Waals surface area contributed by atoms with Gasteiger partial charge in [0, 0.05) is 13.0 Å². The number of nitrogens with zero attached hydrogens (tertiary/aromatic N) is 3. The predicted molar refractivity (Wildman–Crippen MR) is 68.1 cm³/mol. The fourth-order valence-electron chi connectivity index (χ4n) is 1.32. The summed E-state index contributed by atoms with van der Waals surface area (Å²) in [4.78, 5) is 28.5. The molecule has 9 heteroatoms. The van der Waals surface area contributed by atoms with Gasteiger partial charge in [-0.15, -0.1) is 0 Å². The van der Waals surface area contributed by atoms with Gasteiger partial charge >= 0.3 is 11.7 Å². The average molecular weight is 289 g/mol. The maximum atomic E-state index is 11.1. The first kappa shape index (κ1) is 15.1. The molecule has 19 heavy (non-hydrogen) atoms. The molecule has 0 amide bonds. The summed E-state index contributed by atoms with van der Waals surface area (Å²) in [6.07, 6.45) is 1.83. The number of nitrogens with one attached hydrogen (secondary N) is 1. The van der Waals surface area contributed by atoms with E-state index in [4.69, 9.17) is 16.3 Å². The van der Waals surface area contributed by atoms with E-state index in [0.29, 0.717) is 19.6 Å². The van der Waals surface area contributed by atoms with Crippen LogP contribution in [0.5, 0.6) is 0 Å². The molecule has 0 atom stereocenters. The quantitative estimate of drug-likeness (QED) is 0.268. The minimum atomic E-state index is -0.657. The largest absolute Gasteiger partial charge is 0.466 e. The average Bonchev–Trinajstić information content (AvgIpc) is 2.34. The molecule has 0 aliphatic rings. The number of ether oxygens (including phenoxy) is 1. The van der Waals surface area contributed by atoms with Gasteiger partial charge in [-0.3, -0.25) is 14.9 Å². The first-order valence-electron chi connectivity index (χ1n) is 5.60. The standard InChI is InChI=1S/C10H13ClN4O4/c1-2-19-7(16)4-3-5-12-10-8(15(17)18)9(11)13-6-14-10/h6H,2-5H2,1H3,(H,12,13,14). The van der Waals surface area contributed by atoms with E-state index in [1.807, 2.05) is 0 Å². The van der Waals surface area contributed by atoms with Crippen molar-refractivity contribution < 1.29 is 14.5 Å². The van der Waals surface area contributed by atoms with Crippen LogP contribution >= 0.6 is 11.6 Å². The Hall–Kier alpha value is -1.96. The van der Waals surface area contributed by atoms with Gasteiger partial charge < -0.3 is 10.1 Å². The monoisotopic (exact) mass is 288 g/mol. The normalized spacial score (nSPS) is 10.0. The van der Waals surface area contributed by atoms with Crippen molar-refractivity contribution in [1.82, 2.24) is 9.97 Å². The zero-order chi connectivity index (χ0) is 14.3. The van der Waals surface area contributed by atoms with E-state index in [0.717, 1.165) is 6.33 Å². The summed E-state index contributed by atoms with van der Waals surface area (Å²) in [7, 11) is 0. The van der Waals surface area contributed by atoms with E-state index in [1.165, 1.54) is 0 Å². The fourth-order valence-corrected chi connectivity index (χ4v) is 1.52. The molecule has 1 aromatic heterocycles. The zero-order valence-corrected chi connectivity index (χ0v) is 11.0. The van der Waals surface area contributed by atoms with Gasteiger partial charge in [0.25, 0.3) is 0 Å². The van der Waals surface area contributed by atoms with Crippen molar-refractivity contribution in [3.05, 3.63) is 21.6 Å². The molecule has 0 aliphatic heterocycles. The Morgan fingerprint density at radius 2 is 2.32 bits per heavy atom. The van der Waals surface area contributed by atoms with Crippen LogP contribution in [0.3, 0.4) is 0 Å². The van der Waals surface area contributed by atoms with Crippen LogP contribution in [0.2, 0.25) is 5.15 Å². The highest BCUT2D eigenvalue weighted by atomic mass is 35.5. The van der Waals surface area contributed by atoms with Crippen molar-refractivity contribution in [2.75, 3.05) is 18.5 Å². The molecule has 0 radical (unpaired) electrons. The summed E-state index contributed by atoms with van der Waals surface area (Å²) in [6, 6.07) is 0. The molecule has 1 N–H and O–H groups in total. The lowest BCUT2D eigenvalue weighted by molar-refractivity contribution is -0.384. The number of carbonyl (C=O) groups is 1. The van der Waals surface area contributed by atoms with Gasteiger partial charge in [-0.2, -0.15) is 0 Å². The van der Waals surface area contributed by atoms with Crippen LogP contribution in [0.1, 0.15) is 19.8 Å². The minimum Gasteiger partial charge on any atom is -0.466 e. The highest BCUT2D eigenvalue weighted by Crippen LogP contribution is 2.28. The van der Waals surface area contributed by atoms with Crippen molar-refractivity contribution in [1.29, 1.82) is 0 Å². The summed E-state index contributed by atoms with van der Waals surface area (Å²) in [5.41, 5.74) is -0.375. The lowest BCUT2D eigenvalue weighted by atomic mass is 10.3. The third kappa shape index (κ3) is 4.66. The second kappa shape index (κ2) is 7.47. The summed E-state index contributed by atoms with van der Waals surface area (Å²) >= 11 is 5.62. The second-order valence-corrected chi connectivity index (χ2v) is 3.81. The molecule has 0 saturated heterocycles. The molecule has 0 spiro atoms. The number of hydrogen-bond acceptors (Lipinski definition) is 7. The van der Waals surface area contributed by atoms with Crippen molar-refractivity contribution in [3.63, 3.8) is 0 Å². The van der Waals surface area contributed by atoms with Gasteiger partial charge in [0.2, 0.25) is 11.0 Å². The SMILES string of the molecule is CCOC(=O)CCCNc1ncnc(Cl)c1[N+](=O)[O-]. The zero-order valence-electron chi connectivity index (χ0n) is 10.3. The smallest absolute Gasteiger partial charge is 0.348 e. The maximum absolute atomic E-state index is 11.1. The van der Waals surface area contributed by atoms with Crippen molar-refractivity contribution in [2.45, 2.75) is 19.8 Å². The van der Waals surface area contributed by atoms with Crippen LogP contribution in [0, 0.1) is 10.1 Å². The Bertz CT molecular complexity index is 469. The van der Waals surface area contributed by atoms with Gasteiger partial charge in [-0.25, -0.2) is 9.97 Å². The number of carbonyl (C=O) groups excluding carboxylic acids is 1. The summed E-state index contributed by atoms with van der Waals surface area (Å²) < 4.78 is 4.75. The summed E-state index contributed by atoms with van der Waals surface area (Å²) in [6.45, 7) is 2.40. The molecule has 104 valence electrons. The van der Waals surface area contributed by atoms with Gasteiger partial charge in [0.15, 0.2) is 0 Å². The number of nitro groups is 1. The molecule has 0 aliphatic carbocycles. The molecule has 0 aromatic carbocycles. The lowest BCUT2D eigenvalue weighted by Crippen LogP contribution is -2.10. The number of aromatic nitrogens is 2. The molecule has 8 nitrogen and oxygen atoms in total. The van der Waals surface area contributed by atoms with Crippen molar-refractivity contribution in [2.24, 2.45) is 0 Å². The van der Waals surface area contributed by atoms with Gasteiger partial charge in [0.1, 0.15) is 6.33 Å². The second-order valence-electron chi connectivity index (χ2n) is 3.45. The van der Waals surface area contributed by atoms with Gasteiger partial charge in [0.05, 0.1) is 11.5 Å². The third-order valence-electron chi connectivity index (χ3n) is 2.12. The van der Waals surface area contributed by atoms with Crippen molar-refractivity contribution >= 4 is 29.1 Å². The third-order valence-corrected chi connectivity index (χ3v) is 2.39. The van der Waals surface area contributed by atoms with Crippen LogP contribution in [0.4, 0.5) is 11.5 Å². The van der Waals surface area contributed by atoms with Crippen LogP contribution < -0.4 is 5.32 Å². The Kier molecular flexibility index (Phi) is 5.94. The summed E-state index contributed by atoms with van der Waals surface area (Å²) in [5, 5.41) is 13.3. The van der Waals surface area contributed by atoms with Gasteiger partial charge in [-0.05, 0) is 13.3 Å². The Labute approximate surface area is 114 Å². The minimum absolute atomic E-state index is 0.0360. The molecule has 0 saturated carbocycles. The lowest BCUT2D eigenvalue weighted by Gasteiger charge is -2.06. The van der Waals surface area contributed by atoms with Gasteiger partial charge in [-0.1, -0.05) is 11.6 Å². The highest BCUT2D eigenvalue weighted by molar-refractivity contribution is 6.31. The highest BCUT2D eigenvalue weighted by Gasteiger charge is 2.20. The fraction of sp³-hybridized carbons (Fsp3) is 0.500. The molecule has 1 heterocycles. The first-order valence-corrected chi connectivity index (χ1v) is 5.98. The first-order chi connectivity index (χ1) is 9.06. The van der Waals surface area contributed by atoms with Crippen LogP contribution in [-0.4, -0.2) is 34.0 Å². The van der Waals surface area contributed by atoms with E-state index in [1.54, 1.807) is 6.92 Å². The van der Waals surface area contributed by atoms with E-state index in [-0.39, 0.29) is 29.0 Å². The number of rotatable bonds is 7. The molecule has 0 fully saturated rings. The Morgan fingerprint density at radius 3 is 2.95 bits per heavy atom. The molecular formula is C10H13ClN4O4. The molecular weight excluding hydrogens is 276 g/mol. The Morgan fingerprint density at radius 1 is 1.58 bits per heavy atom. The number of halogens is 1. The van der Waals surface area contributed by atoms with Crippen LogP contribution in [0.25, 0.3) is 0 Å². The summed E-state index contributed by atoms with van der Waals surface area (Å²) in [5.74, 6) is -0.270. The maximum Gasteiger partial charge on any atom is 0.348 e. The van der Waals surface area contributed by atoms with Crippen LogP contribution in [0.15, 0.2) is 6.33 Å². The number of anilines is 1. The van der Waals surface area contributed by atoms with Crippen LogP contribution in [-0.2, 0) is 9.53 Å². The van der Waals surface area contributed by atoms with Crippen molar-refractivity contribution in [3.8, 4) is 0 Å². The van der Waals surface area contributed by atoms with E-state index < -0.39 is 4.92 Å². The molecule has 1 rings (SSSR count). The Balaban J connectivity index is 2.52. The molecule has 1 aromatic rings. The molecule has 0 bridgehead atoms. The number of hydrogen-bond donors (Lipinski definition) is 1. The van der Waals surface area contributed by atoms with E-state index in [9.17, 15) is 14.9 Å².